The van der Waals surface area contributed by atoms with E-state index in [4.69, 9.17) is 13.3 Å². The van der Waals surface area contributed by atoms with Crippen LogP contribution < -0.4 is 4.90 Å². The van der Waals surface area contributed by atoms with Crippen LogP contribution in [0, 0.1) is 6.92 Å². The van der Waals surface area contributed by atoms with Gasteiger partial charge in [-0.1, -0.05) is 162 Å². The van der Waals surface area contributed by atoms with Gasteiger partial charge in [0.1, 0.15) is 33.5 Å². The Morgan fingerprint density at radius 1 is 0.338 bits per heavy atom. The molecule has 0 saturated carbocycles. The molecular formula is C70H51NO3. The second kappa shape index (κ2) is 14.1. The molecule has 16 rings (SSSR count). The normalized spacial score (nSPS) is 15.3. The lowest BCUT2D eigenvalue weighted by molar-refractivity contribution is 0.600. The minimum atomic E-state index is -0.359. The number of nitrogens with zero attached hydrogens (tertiary/aromatic N) is 1. The first-order valence-corrected chi connectivity index (χ1v) is 26.1. The summed E-state index contributed by atoms with van der Waals surface area (Å²) in [5.74, 6) is 0. The Morgan fingerprint density at radius 3 is 1.54 bits per heavy atom. The van der Waals surface area contributed by atoms with Crippen molar-refractivity contribution >= 4 is 82.9 Å². The summed E-state index contributed by atoms with van der Waals surface area (Å²) >= 11 is 0. The van der Waals surface area contributed by atoms with Gasteiger partial charge in [0.05, 0.1) is 0 Å². The molecule has 0 atom stereocenters. The molecule has 0 amide bonds. The van der Waals surface area contributed by atoms with Crippen molar-refractivity contribution in [1.82, 2.24) is 0 Å². The molecule has 3 aromatic heterocycles. The van der Waals surface area contributed by atoms with Gasteiger partial charge in [0, 0.05) is 76.8 Å². The van der Waals surface area contributed by atoms with Crippen molar-refractivity contribution in [2.24, 2.45) is 0 Å². The number of fused-ring (bicyclic) bond motifs is 22. The number of rotatable bonds is 4. The molecule has 0 radical (unpaired) electrons. The predicted molar refractivity (Wildman–Crippen MR) is 306 cm³/mol. The van der Waals surface area contributed by atoms with Gasteiger partial charge in [-0.05, 0) is 140 Å². The maximum absolute atomic E-state index is 7.02. The first-order chi connectivity index (χ1) is 35.9. The van der Waals surface area contributed by atoms with Crippen LogP contribution in [0.2, 0.25) is 0 Å². The molecule has 0 aliphatic heterocycles. The van der Waals surface area contributed by atoms with Crippen molar-refractivity contribution in [3.05, 3.63) is 221 Å². The molecule has 3 heterocycles. The van der Waals surface area contributed by atoms with Crippen molar-refractivity contribution in [2.75, 3.05) is 4.90 Å². The zero-order valence-electron chi connectivity index (χ0n) is 42.5. The highest BCUT2D eigenvalue weighted by molar-refractivity contribution is 6.22. The average molecular weight is 954 g/mol. The van der Waals surface area contributed by atoms with Crippen LogP contribution in [0.1, 0.15) is 80.5 Å². The molecule has 3 aliphatic rings. The van der Waals surface area contributed by atoms with Crippen LogP contribution in [0.25, 0.3) is 110 Å². The van der Waals surface area contributed by atoms with E-state index >= 15 is 0 Å². The lowest BCUT2D eigenvalue weighted by Crippen LogP contribution is -2.24. The van der Waals surface area contributed by atoms with Crippen LogP contribution in [-0.4, -0.2) is 0 Å². The third-order valence-electron chi connectivity index (χ3n) is 17.7. The van der Waals surface area contributed by atoms with E-state index in [1.807, 2.05) is 6.07 Å². The van der Waals surface area contributed by atoms with E-state index in [2.05, 4.69) is 229 Å². The molecule has 354 valence electrons. The molecule has 4 heteroatoms. The quantitative estimate of drug-likeness (QED) is 0.176. The molecule has 74 heavy (non-hydrogen) atoms. The van der Waals surface area contributed by atoms with Gasteiger partial charge in [-0.15, -0.1) is 0 Å². The largest absolute Gasteiger partial charge is 0.456 e. The topological polar surface area (TPSA) is 42.7 Å². The molecule has 0 spiro atoms. The molecular weight excluding hydrogens is 903 g/mol. The summed E-state index contributed by atoms with van der Waals surface area (Å²) < 4.78 is 20.3. The lowest BCUT2D eigenvalue weighted by atomic mass is 9.72. The number of aryl methyl sites for hydroxylation is 1. The van der Waals surface area contributed by atoms with Gasteiger partial charge in [0.25, 0.3) is 0 Å². The van der Waals surface area contributed by atoms with Crippen LogP contribution in [-0.2, 0) is 16.2 Å². The molecule has 0 saturated heterocycles. The van der Waals surface area contributed by atoms with Gasteiger partial charge in [0.2, 0.25) is 0 Å². The smallest absolute Gasteiger partial charge is 0.144 e. The molecule has 0 bridgehead atoms. The minimum Gasteiger partial charge on any atom is -0.456 e. The summed E-state index contributed by atoms with van der Waals surface area (Å²) in [6.45, 7) is 16.7. The van der Waals surface area contributed by atoms with E-state index in [1.54, 1.807) is 0 Å². The maximum atomic E-state index is 7.02. The lowest BCUT2D eigenvalue weighted by Gasteiger charge is -2.32. The maximum Gasteiger partial charge on any atom is 0.144 e. The van der Waals surface area contributed by atoms with E-state index in [0.717, 1.165) is 83.2 Å². The Hall–Kier alpha value is -8.60. The molecule has 13 aromatic rings. The molecule has 0 N–H and O–H groups in total. The molecule has 4 nitrogen and oxygen atoms in total. The molecule has 0 unspecified atom stereocenters. The number of furan rings is 3. The highest BCUT2D eigenvalue weighted by Crippen LogP contribution is 2.64. The summed E-state index contributed by atoms with van der Waals surface area (Å²) in [6, 6.07) is 66.9. The van der Waals surface area contributed by atoms with Crippen molar-refractivity contribution in [3.8, 4) is 44.5 Å². The van der Waals surface area contributed by atoms with Crippen LogP contribution in [0.5, 0.6) is 0 Å². The van der Waals surface area contributed by atoms with Crippen molar-refractivity contribution in [1.29, 1.82) is 0 Å². The van der Waals surface area contributed by atoms with E-state index < -0.39 is 0 Å². The first kappa shape index (κ1) is 42.0. The fourth-order valence-electron chi connectivity index (χ4n) is 14.1. The van der Waals surface area contributed by atoms with Crippen molar-refractivity contribution in [3.63, 3.8) is 0 Å². The number of hydrogen-bond acceptors (Lipinski definition) is 4. The Bertz CT molecular complexity index is 4640. The Kier molecular flexibility index (Phi) is 8.01. The standard InChI is InChI=1S/C70H51NO3/c1-38-24-26-39(27-25-38)49-37-54-59(61-47-18-10-14-22-56(47)73-66(49)61)45-31-28-41(35-52(45)68(54,2)3)71(40-30-33-58-50(34-40)43-16-9-13-21-55(43)72-58)42-29-32-46-53(36-42)70(6,7)64-60(46)62-48-19-11-15-23-57(48)74-67(62)63-44-17-8-12-20-51(44)69(4,5)65(63)64/h8-37H,1-7H3. The summed E-state index contributed by atoms with van der Waals surface area (Å²) in [6.07, 6.45) is 0. The highest BCUT2D eigenvalue weighted by atomic mass is 16.3. The van der Waals surface area contributed by atoms with Crippen molar-refractivity contribution in [2.45, 2.75) is 64.7 Å². The number of benzene rings is 10. The molecule has 10 aromatic carbocycles. The third-order valence-corrected chi connectivity index (χ3v) is 17.7. The second-order valence-corrected chi connectivity index (χ2v) is 22.8. The third kappa shape index (κ3) is 5.27. The summed E-state index contributed by atoms with van der Waals surface area (Å²) in [5.41, 5.74) is 27.0. The van der Waals surface area contributed by atoms with Crippen LogP contribution in [0.4, 0.5) is 17.1 Å². The highest BCUT2D eigenvalue weighted by Gasteiger charge is 2.49. The van der Waals surface area contributed by atoms with Crippen LogP contribution in [0.3, 0.4) is 0 Å². The van der Waals surface area contributed by atoms with E-state index in [1.165, 1.54) is 83.1 Å². The Morgan fingerprint density at radius 2 is 0.838 bits per heavy atom. The number of anilines is 3. The fraction of sp³-hybridized carbons (Fsp3) is 0.143. The van der Waals surface area contributed by atoms with Crippen LogP contribution >= 0.6 is 0 Å². The summed E-state index contributed by atoms with van der Waals surface area (Å²) in [4.78, 5) is 2.48. The number of hydrogen-bond donors (Lipinski definition) is 0. The average Bonchev–Trinajstić information content (AvgIpc) is 4.30. The Balaban J connectivity index is 0.937. The van der Waals surface area contributed by atoms with Gasteiger partial charge >= 0.3 is 0 Å². The predicted octanol–water partition coefficient (Wildman–Crippen LogP) is 19.7. The van der Waals surface area contributed by atoms with Crippen LogP contribution in [0.15, 0.2) is 195 Å². The van der Waals surface area contributed by atoms with Gasteiger partial charge in [-0.2, -0.15) is 0 Å². The van der Waals surface area contributed by atoms with Gasteiger partial charge in [0.15, 0.2) is 0 Å². The molecule has 3 aliphatic carbocycles. The zero-order chi connectivity index (χ0) is 49.7. The second-order valence-electron chi connectivity index (χ2n) is 22.8. The monoisotopic (exact) mass is 953 g/mol. The minimum absolute atomic E-state index is 0.246. The number of para-hydroxylation sites is 3. The molecule has 0 fully saturated rings. The van der Waals surface area contributed by atoms with E-state index in [0.29, 0.717) is 0 Å². The van der Waals surface area contributed by atoms with Gasteiger partial charge in [-0.3, -0.25) is 0 Å². The SMILES string of the molecule is Cc1ccc(-c2cc3c(c4c2oc2ccccc24)-c2ccc(N(c4ccc5c(c4)C(C)(C)c4c6c(c7oc8ccccc8c7c4-5)-c4ccccc4C6(C)C)c4ccc5oc6ccccc6c5c4)cc2C3(C)C)cc1. The first-order valence-electron chi connectivity index (χ1n) is 26.1. The van der Waals surface area contributed by atoms with Crippen molar-refractivity contribution < 1.29 is 13.3 Å². The van der Waals surface area contributed by atoms with E-state index in [9.17, 15) is 0 Å². The van der Waals surface area contributed by atoms with Gasteiger partial charge < -0.3 is 18.2 Å². The summed E-state index contributed by atoms with van der Waals surface area (Å²) in [7, 11) is 0. The van der Waals surface area contributed by atoms with E-state index in [-0.39, 0.29) is 16.2 Å². The summed E-state index contributed by atoms with van der Waals surface area (Å²) in [5, 5.41) is 6.89. The zero-order valence-corrected chi connectivity index (χ0v) is 42.5. The fourth-order valence-corrected chi connectivity index (χ4v) is 14.1. The van der Waals surface area contributed by atoms with Gasteiger partial charge in [-0.25, -0.2) is 0 Å². The Labute approximate surface area is 429 Å².